The lowest BCUT2D eigenvalue weighted by molar-refractivity contribution is -0.174. The van der Waals surface area contributed by atoms with Gasteiger partial charge in [-0.3, -0.25) is 9.59 Å². The summed E-state index contributed by atoms with van der Waals surface area (Å²) >= 11 is 0. The van der Waals surface area contributed by atoms with Gasteiger partial charge < -0.3 is 26.0 Å². The van der Waals surface area contributed by atoms with E-state index in [9.17, 15) is 29.7 Å². The van der Waals surface area contributed by atoms with E-state index in [0.29, 0.717) is 74.2 Å². The van der Waals surface area contributed by atoms with Gasteiger partial charge in [0.15, 0.2) is 0 Å². The topological polar surface area (TPSA) is 136 Å². The fraction of sp³-hybridized carbons (Fsp3) is 0.921. The molecule has 4 aliphatic carbocycles. The third kappa shape index (κ3) is 8.67. The Labute approximate surface area is 278 Å². The van der Waals surface area contributed by atoms with Crippen LogP contribution in [0.1, 0.15) is 150 Å². The van der Waals surface area contributed by atoms with Crippen molar-refractivity contribution in [1.82, 2.24) is 10.6 Å². The SMILES string of the molecule is CCCCCCCC(=O)NCCCCC(NC(=O)CC[C@H](C)C1CCC2C3C(CC[C@@]21C)[C@@]1(C)CC[C@@H](O)CC1C[C@@H]3O)C(=O)O. The Hall–Kier alpha value is -1.67. The predicted octanol–water partition coefficient (Wildman–Crippen LogP) is 6.61. The highest BCUT2D eigenvalue weighted by atomic mass is 16.4. The first-order valence-corrected chi connectivity index (χ1v) is 19.1. The largest absolute Gasteiger partial charge is 0.480 e. The second kappa shape index (κ2) is 16.6. The minimum atomic E-state index is -1.00. The van der Waals surface area contributed by atoms with Crippen molar-refractivity contribution in [2.75, 3.05) is 6.54 Å². The third-order valence-electron chi connectivity index (χ3n) is 13.6. The van der Waals surface area contributed by atoms with Crippen molar-refractivity contribution in [3.63, 3.8) is 0 Å². The highest BCUT2D eigenvalue weighted by Gasteiger charge is 2.62. The van der Waals surface area contributed by atoms with E-state index in [-0.39, 0.29) is 34.9 Å². The monoisotopic (exact) mass is 646 g/mol. The van der Waals surface area contributed by atoms with E-state index in [4.69, 9.17) is 0 Å². The zero-order valence-corrected chi connectivity index (χ0v) is 29.4. The average Bonchev–Trinajstić information content (AvgIpc) is 3.37. The fourth-order valence-electron chi connectivity index (χ4n) is 10.9. The van der Waals surface area contributed by atoms with E-state index in [1.807, 2.05) is 0 Å². The summed E-state index contributed by atoms with van der Waals surface area (Å²) in [5.41, 5.74) is 0.373. The van der Waals surface area contributed by atoms with Crippen molar-refractivity contribution in [3.8, 4) is 0 Å². The van der Waals surface area contributed by atoms with Gasteiger partial charge in [-0.05, 0) is 130 Å². The average molecular weight is 647 g/mol. The molecule has 0 aromatic heterocycles. The minimum Gasteiger partial charge on any atom is -0.480 e. The number of carbonyl (C=O) groups is 3. The first-order valence-electron chi connectivity index (χ1n) is 19.1. The molecule has 0 bridgehead atoms. The van der Waals surface area contributed by atoms with Gasteiger partial charge in [-0.1, -0.05) is 53.4 Å². The molecule has 0 heterocycles. The lowest BCUT2D eigenvalue weighted by Crippen LogP contribution is -2.58. The number of nitrogens with one attached hydrogen (secondary N) is 2. The van der Waals surface area contributed by atoms with E-state index >= 15 is 0 Å². The number of aliphatic hydroxyl groups is 2. The van der Waals surface area contributed by atoms with Crippen LogP contribution < -0.4 is 10.6 Å². The molecule has 2 amide bonds. The molecule has 4 rings (SSSR count). The summed E-state index contributed by atoms with van der Waals surface area (Å²) in [6, 6.07) is -0.903. The van der Waals surface area contributed by atoms with Crippen molar-refractivity contribution in [2.24, 2.45) is 46.3 Å². The van der Waals surface area contributed by atoms with Crippen molar-refractivity contribution in [2.45, 2.75) is 168 Å². The summed E-state index contributed by atoms with van der Waals surface area (Å²) in [6.07, 6.45) is 16.5. The van der Waals surface area contributed by atoms with E-state index in [2.05, 4.69) is 38.3 Å². The maximum absolute atomic E-state index is 12.9. The molecule has 0 aromatic rings. The van der Waals surface area contributed by atoms with Crippen LogP contribution in [-0.2, 0) is 14.4 Å². The maximum Gasteiger partial charge on any atom is 0.326 e. The molecule has 11 atom stereocenters. The molecule has 0 aliphatic heterocycles. The second-order valence-corrected chi connectivity index (χ2v) is 16.4. The summed E-state index contributed by atoms with van der Waals surface area (Å²) in [6.45, 7) is 9.87. The van der Waals surface area contributed by atoms with E-state index in [1.165, 1.54) is 19.3 Å². The molecule has 0 aromatic carbocycles. The zero-order chi connectivity index (χ0) is 33.5. The summed E-state index contributed by atoms with van der Waals surface area (Å²) in [7, 11) is 0. The number of aliphatic carboxylic acids is 1. The highest BCUT2D eigenvalue weighted by Crippen LogP contribution is 2.68. The quantitative estimate of drug-likeness (QED) is 0.113. The van der Waals surface area contributed by atoms with Gasteiger partial charge in [0.05, 0.1) is 12.2 Å². The van der Waals surface area contributed by atoms with Crippen molar-refractivity contribution < 1.29 is 29.7 Å². The Bertz CT molecular complexity index is 1020. The molecule has 46 heavy (non-hydrogen) atoms. The maximum atomic E-state index is 12.9. The van der Waals surface area contributed by atoms with E-state index in [0.717, 1.165) is 70.6 Å². The lowest BCUT2D eigenvalue weighted by atomic mass is 9.43. The Morgan fingerprint density at radius 3 is 2.26 bits per heavy atom. The molecule has 0 spiro atoms. The van der Waals surface area contributed by atoms with Crippen molar-refractivity contribution in [3.05, 3.63) is 0 Å². The molecule has 5 N–H and O–H groups in total. The van der Waals surface area contributed by atoms with Crippen LogP contribution in [0.3, 0.4) is 0 Å². The molecule has 6 unspecified atom stereocenters. The van der Waals surface area contributed by atoms with Crippen LogP contribution in [0.15, 0.2) is 0 Å². The molecule has 264 valence electrons. The number of hydrogen-bond donors (Lipinski definition) is 5. The summed E-state index contributed by atoms with van der Waals surface area (Å²) < 4.78 is 0. The first kappa shape index (κ1) is 37.2. The molecule has 0 saturated heterocycles. The number of amides is 2. The Kier molecular flexibility index (Phi) is 13.4. The van der Waals surface area contributed by atoms with Gasteiger partial charge in [0.1, 0.15) is 6.04 Å². The van der Waals surface area contributed by atoms with Crippen LogP contribution >= 0.6 is 0 Å². The fourth-order valence-corrected chi connectivity index (χ4v) is 10.9. The summed E-state index contributed by atoms with van der Waals surface area (Å²) in [5, 5.41) is 37.3. The number of rotatable bonds is 17. The van der Waals surface area contributed by atoms with Gasteiger partial charge >= 0.3 is 5.97 Å². The number of aliphatic hydroxyl groups excluding tert-OH is 2. The van der Waals surface area contributed by atoms with Gasteiger partial charge in [-0.25, -0.2) is 4.79 Å². The number of carboxylic acid groups (broad SMARTS) is 1. The van der Waals surface area contributed by atoms with Gasteiger partial charge in [0.25, 0.3) is 0 Å². The normalized spacial score (nSPS) is 36.5. The van der Waals surface area contributed by atoms with Gasteiger partial charge in [0.2, 0.25) is 11.8 Å². The Morgan fingerprint density at radius 1 is 0.804 bits per heavy atom. The lowest BCUT2D eigenvalue weighted by Gasteiger charge is -2.62. The predicted molar refractivity (Wildman–Crippen MR) is 181 cm³/mol. The van der Waals surface area contributed by atoms with Gasteiger partial charge in [-0.15, -0.1) is 0 Å². The summed E-state index contributed by atoms with van der Waals surface area (Å²) in [5.74, 6) is 1.48. The molecular formula is C38H66N2O6. The molecule has 4 saturated carbocycles. The van der Waals surface area contributed by atoms with Crippen LogP contribution in [0.2, 0.25) is 0 Å². The Morgan fingerprint density at radius 2 is 1.52 bits per heavy atom. The third-order valence-corrected chi connectivity index (χ3v) is 13.6. The highest BCUT2D eigenvalue weighted by molar-refractivity contribution is 5.83. The van der Waals surface area contributed by atoms with Crippen LogP contribution in [0.25, 0.3) is 0 Å². The number of unbranched alkanes of at least 4 members (excludes halogenated alkanes) is 5. The number of fused-ring (bicyclic) bond motifs is 5. The number of carbonyl (C=O) groups excluding carboxylic acids is 2. The molecule has 8 heteroatoms. The standard InChI is InChI=1S/C38H66N2O6/c1-5-6-7-8-9-13-33(43)39-22-11-10-12-31(36(45)46)40-34(44)17-14-25(2)28-15-16-29-35-30(19-21-38(28,29)4)37(3)20-18-27(41)23-26(37)24-32(35)42/h25-32,35,41-42H,5-24H2,1-4H3,(H,39,43)(H,40,44)(H,45,46)/t25-,26?,27+,28?,29?,30?,31?,32-,35?,37-,38+/m0/s1. The minimum absolute atomic E-state index is 0.0620. The number of carboxylic acids is 1. The molecule has 8 nitrogen and oxygen atoms in total. The van der Waals surface area contributed by atoms with Gasteiger partial charge in [0, 0.05) is 19.4 Å². The summed E-state index contributed by atoms with van der Waals surface area (Å²) in [4.78, 5) is 36.8. The molecule has 4 aliphatic rings. The van der Waals surface area contributed by atoms with Gasteiger partial charge in [-0.2, -0.15) is 0 Å². The van der Waals surface area contributed by atoms with E-state index in [1.54, 1.807) is 0 Å². The molecule has 0 radical (unpaired) electrons. The van der Waals surface area contributed by atoms with Crippen molar-refractivity contribution >= 4 is 17.8 Å². The van der Waals surface area contributed by atoms with E-state index < -0.39 is 12.0 Å². The van der Waals surface area contributed by atoms with Crippen LogP contribution in [0, 0.1) is 46.3 Å². The van der Waals surface area contributed by atoms with Crippen LogP contribution in [0.5, 0.6) is 0 Å². The first-order chi connectivity index (χ1) is 21.9. The zero-order valence-electron chi connectivity index (χ0n) is 29.4. The van der Waals surface area contributed by atoms with Crippen molar-refractivity contribution in [1.29, 1.82) is 0 Å². The van der Waals surface area contributed by atoms with Crippen LogP contribution in [0.4, 0.5) is 0 Å². The smallest absolute Gasteiger partial charge is 0.326 e. The molecular weight excluding hydrogens is 580 g/mol. The Balaban J connectivity index is 1.20. The molecule has 4 fully saturated rings. The second-order valence-electron chi connectivity index (χ2n) is 16.4. The number of hydrogen-bond acceptors (Lipinski definition) is 5. The van der Waals surface area contributed by atoms with Crippen LogP contribution in [-0.4, -0.2) is 57.9 Å².